The number of halogens is 1. The molecule has 1 heterocycles. The molecule has 0 aliphatic heterocycles. The number of nitrogens with zero attached hydrogens (tertiary/aromatic N) is 1. The van der Waals surface area contributed by atoms with Crippen molar-refractivity contribution in [2.45, 2.75) is 32.4 Å². The maximum absolute atomic E-state index is 12.2. The quantitative estimate of drug-likeness (QED) is 0.852. The summed E-state index contributed by atoms with van der Waals surface area (Å²) in [5, 5.41) is 5.54. The molecule has 0 aliphatic carbocycles. The number of rotatable bonds is 5. The van der Waals surface area contributed by atoms with E-state index in [2.05, 4.69) is 26.2 Å². The molecule has 4 nitrogen and oxygen atoms in total. The van der Waals surface area contributed by atoms with Gasteiger partial charge in [0.2, 0.25) is 0 Å². The number of thiazole rings is 1. The monoisotopic (exact) mass is 367 g/mol. The largest absolute Gasteiger partial charge is 0.345 e. The van der Waals surface area contributed by atoms with Crippen molar-refractivity contribution in [2.24, 2.45) is 5.73 Å². The molecule has 2 rings (SSSR count). The molecular formula is C15H18BrN3OS. The number of nitrogens with one attached hydrogen (secondary N) is 1. The van der Waals surface area contributed by atoms with Gasteiger partial charge in [-0.05, 0) is 38.0 Å². The van der Waals surface area contributed by atoms with Crippen LogP contribution in [0.3, 0.4) is 0 Å². The Morgan fingerprint density at radius 2 is 2.05 bits per heavy atom. The fourth-order valence-electron chi connectivity index (χ4n) is 2.04. The molecule has 21 heavy (non-hydrogen) atoms. The zero-order valence-electron chi connectivity index (χ0n) is 12.0. The SMILES string of the molecule is CC(C)(Cc1ccc(Br)cc1)NC(=O)c1csc(CN)n1. The molecule has 112 valence electrons. The van der Waals surface area contributed by atoms with Crippen molar-refractivity contribution in [3.8, 4) is 0 Å². The second-order valence-electron chi connectivity index (χ2n) is 5.47. The minimum absolute atomic E-state index is 0.159. The highest BCUT2D eigenvalue weighted by Gasteiger charge is 2.23. The van der Waals surface area contributed by atoms with Gasteiger partial charge in [-0.25, -0.2) is 4.98 Å². The van der Waals surface area contributed by atoms with Gasteiger partial charge in [0.25, 0.3) is 5.91 Å². The predicted octanol–water partition coefficient (Wildman–Crippen LogP) is 3.12. The number of aromatic nitrogens is 1. The maximum atomic E-state index is 12.2. The first-order valence-corrected chi connectivity index (χ1v) is 8.28. The van der Waals surface area contributed by atoms with Crippen LogP contribution in [-0.2, 0) is 13.0 Å². The van der Waals surface area contributed by atoms with Crippen LogP contribution in [0.1, 0.15) is 34.9 Å². The fraction of sp³-hybridized carbons (Fsp3) is 0.333. The van der Waals surface area contributed by atoms with Gasteiger partial charge >= 0.3 is 0 Å². The Kier molecular flexibility index (Phi) is 5.13. The summed E-state index contributed by atoms with van der Waals surface area (Å²) >= 11 is 4.83. The number of hydrogen-bond donors (Lipinski definition) is 2. The summed E-state index contributed by atoms with van der Waals surface area (Å²) < 4.78 is 1.05. The Morgan fingerprint density at radius 1 is 1.38 bits per heavy atom. The lowest BCUT2D eigenvalue weighted by molar-refractivity contribution is 0.0908. The van der Waals surface area contributed by atoms with Gasteiger partial charge in [0, 0.05) is 21.9 Å². The van der Waals surface area contributed by atoms with Crippen molar-refractivity contribution < 1.29 is 4.79 Å². The molecule has 0 saturated carbocycles. The molecule has 0 bridgehead atoms. The normalized spacial score (nSPS) is 11.4. The smallest absolute Gasteiger partial charge is 0.271 e. The van der Waals surface area contributed by atoms with Crippen LogP contribution < -0.4 is 11.1 Å². The highest BCUT2D eigenvalue weighted by molar-refractivity contribution is 9.10. The number of benzene rings is 1. The third-order valence-electron chi connectivity index (χ3n) is 2.97. The van der Waals surface area contributed by atoms with Crippen molar-refractivity contribution in [3.63, 3.8) is 0 Å². The van der Waals surface area contributed by atoms with Gasteiger partial charge in [0.15, 0.2) is 0 Å². The van der Waals surface area contributed by atoms with Gasteiger partial charge in [-0.1, -0.05) is 28.1 Å². The number of carbonyl (C=O) groups is 1. The molecule has 0 saturated heterocycles. The van der Waals surface area contributed by atoms with E-state index in [9.17, 15) is 4.79 Å². The van der Waals surface area contributed by atoms with Crippen molar-refractivity contribution in [1.29, 1.82) is 0 Å². The summed E-state index contributed by atoms with van der Waals surface area (Å²) in [6.07, 6.45) is 0.750. The number of nitrogens with two attached hydrogens (primary N) is 1. The van der Waals surface area contributed by atoms with Crippen LogP contribution in [0.2, 0.25) is 0 Å². The van der Waals surface area contributed by atoms with E-state index in [0.29, 0.717) is 12.2 Å². The minimum Gasteiger partial charge on any atom is -0.345 e. The number of carbonyl (C=O) groups excluding carboxylic acids is 1. The van der Waals surface area contributed by atoms with Crippen LogP contribution >= 0.6 is 27.3 Å². The van der Waals surface area contributed by atoms with Crippen LogP contribution in [0, 0.1) is 0 Å². The van der Waals surface area contributed by atoms with E-state index >= 15 is 0 Å². The molecule has 0 aliphatic rings. The van der Waals surface area contributed by atoms with E-state index in [1.54, 1.807) is 5.38 Å². The lowest BCUT2D eigenvalue weighted by Crippen LogP contribution is -2.45. The molecular weight excluding hydrogens is 350 g/mol. The highest BCUT2D eigenvalue weighted by atomic mass is 79.9. The number of hydrogen-bond acceptors (Lipinski definition) is 4. The van der Waals surface area contributed by atoms with Crippen LogP contribution in [-0.4, -0.2) is 16.4 Å². The summed E-state index contributed by atoms with van der Waals surface area (Å²) in [5.74, 6) is -0.159. The maximum Gasteiger partial charge on any atom is 0.271 e. The van der Waals surface area contributed by atoms with Gasteiger partial charge < -0.3 is 11.1 Å². The first-order chi connectivity index (χ1) is 9.89. The third-order valence-corrected chi connectivity index (χ3v) is 4.37. The molecule has 3 N–H and O–H groups in total. The van der Waals surface area contributed by atoms with Gasteiger partial charge in [-0.15, -0.1) is 11.3 Å². The first-order valence-electron chi connectivity index (χ1n) is 6.61. The van der Waals surface area contributed by atoms with Crippen molar-refractivity contribution in [2.75, 3.05) is 0 Å². The third kappa shape index (κ3) is 4.62. The molecule has 1 aromatic carbocycles. The molecule has 0 fully saturated rings. The van der Waals surface area contributed by atoms with Crippen LogP contribution in [0.25, 0.3) is 0 Å². The van der Waals surface area contributed by atoms with E-state index in [-0.39, 0.29) is 11.4 Å². The minimum atomic E-state index is -0.350. The summed E-state index contributed by atoms with van der Waals surface area (Å²) in [4.78, 5) is 16.4. The topological polar surface area (TPSA) is 68.0 Å². The van der Waals surface area contributed by atoms with Gasteiger partial charge in [0.05, 0.1) is 0 Å². The average Bonchev–Trinajstić information content (AvgIpc) is 2.89. The Morgan fingerprint density at radius 3 is 2.62 bits per heavy atom. The lowest BCUT2D eigenvalue weighted by atomic mass is 9.95. The van der Waals surface area contributed by atoms with Crippen molar-refractivity contribution in [3.05, 3.63) is 50.4 Å². The van der Waals surface area contributed by atoms with Crippen molar-refractivity contribution in [1.82, 2.24) is 10.3 Å². The second kappa shape index (κ2) is 6.68. The fourth-order valence-corrected chi connectivity index (χ4v) is 2.96. The Hall–Kier alpha value is -1.24. The summed E-state index contributed by atoms with van der Waals surface area (Å²) in [7, 11) is 0. The Labute approximate surface area is 136 Å². The van der Waals surface area contributed by atoms with Crippen LogP contribution in [0.4, 0.5) is 0 Å². The molecule has 2 aromatic rings. The summed E-state index contributed by atoms with van der Waals surface area (Å²) in [6, 6.07) is 8.10. The zero-order chi connectivity index (χ0) is 15.5. The standard InChI is InChI=1S/C15H18BrN3OS/c1-15(2,7-10-3-5-11(16)6-4-10)19-14(20)12-9-21-13(8-17)18-12/h3-6,9H,7-8,17H2,1-2H3,(H,19,20). The number of amides is 1. The lowest BCUT2D eigenvalue weighted by Gasteiger charge is -2.26. The molecule has 0 atom stereocenters. The van der Waals surface area contributed by atoms with E-state index in [1.165, 1.54) is 16.9 Å². The zero-order valence-corrected chi connectivity index (χ0v) is 14.4. The summed E-state index contributed by atoms with van der Waals surface area (Å²) in [5.41, 5.74) is 6.77. The Bertz CT molecular complexity index is 622. The van der Waals surface area contributed by atoms with E-state index < -0.39 is 0 Å². The van der Waals surface area contributed by atoms with Crippen LogP contribution in [0.15, 0.2) is 34.1 Å². The van der Waals surface area contributed by atoms with Crippen molar-refractivity contribution >= 4 is 33.2 Å². The second-order valence-corrected chi connectivity index (χ2v) is 7.33. The molecule has 0 unspecified atom stereocenters. The Balaban J connectivity index is 2.02. The molecule has 6 heteroatoms. The molecule has 0 radical (unpaired) electrons. The van der Waals surface area contributed by atoms with Gasteiger partial charge in [0.1, 0.15) is 10.7 Å². The van der Waals surface area contributed by atoms with Gasteiger partial charge in [-0.3, -0.25) is 4.79 Å². The molecule has 1 amide bonds. The molecule has 1 aromatic heterocycles. The molecule has 0 spiro atoms. The van der Waals surface area contributed by atoms with Gasteiger partial charge in [-0.2, -0.15) is 0 Å². The van der Waals surface area contributed by atoms with Crippen LogP contribution in [0.5, 0.6) is 0 Å². The van der Waals surface area contributed by atoms with E-state index in [4.69, 9.17) is 5.73 Å². The van der Waals surface area contributed by atoms with E-state index in [1.807, 2.05) is 38.1 Å². The van der Waals surface area contributed by atoms with E-state index in [0.717, 1.165) is 15.9 Å². The summed E-state index contributed by atoms with van der Waals surface area (Å²) in [6.45, 7) is 4.37. The predicted molar refractivity (Wildman–Crippen MR) is 89.4 cm³/mol. The highest BCUT2D eigenvalue weighted by Crippen LogP contribution is 2.17. The average molecular weight is 368 g/mol. The first kappa shape index (κ1) is 16.1.